The molecule has 0 aliphatic heterocycles. The Labute approximate surface area is 174 Å². The Bertz CT molecular complexity index is 644. The molecular formula is C18H36O9S2. The first kappa shape index (κ1) is 28.2. The third-order valence-corrected chi connectivity index (χ3v) is 6.56. The van der Waals surface area contributed by atoms with Gasteiger partial charge in [0.15, 0.2) is 0 Å². The number of hydrogen-bond donors (Lipinski definition) is 3. The van der Waals surface area contributed by atoms with E-state index in [1.54, 1.807) is 0 Å². The molecular weight excluding hydrogens is 424 g/mol. The van der Waals surface area contributed by atoms with E-state index in [4.69, 9.17) is 9.66 Å². The molecule has 0 amide bonds. The number of rotatable bonds is 19. The molecule has 0 radical (unpaired) electrons. The monoisotopic (exact) mass is 460 g/mol. The highest BCUT2D eigenvalue weighted by Crippen LogP contribution is 2.23. The topological polar surface area (TPSA) is 155 Å². The van der Waals surface area contributed by atoms with Crippen LogP contribution in [-0.2, 0) is 29.5 Å². The van der Waals surface area contributed by atoms with E-state index in [1.807, 2.05) is 0 Å². The summed E-state index contributed by atoms with van der Waals surface area (Å²) in [5, 5.41) is 7.14. The fraction of sp³-hybridized carbons (Fsp3) is 0.944. The van der Waals surface area contributed by atoms with Crippen LogP contribution in [0.5, 0.6) is 0 Å². The first-order valence-corrected chi connectivity index (χ1v) is 13.2. The summed E-state index contributed by atoms with van der Waals surface area (Å²) in [6, 6.07) is 0. The lowest BCUT2D eigenvalue weighted by molar-refractivity contribution is -0.137. The first-order valence-electron chi connectivity index (χ1n) is 10.3. The van der Waals surface area contributed by atoms with Crippen molar-refractivity contribution < 1.29 is 40.0 Å². The minimum absolute atomic E-state index is 0.00617. The second kappa shape index (κ2) is 15.1. The largest absolute Gasteiger partial charge is 0.481 e. The Kier molecular flexibility index (Phi) is 14.7. The number of carboxylic acid groups (broad SMARTS) is 1. The van der Waals surface area contributed by atoms with Crippen molar-refractivity contribution in [3.05, 3.63) is 0 Å². The number of hydrogen-bond acceptors (Lipinski definition) is 6. The van der Waals surface area contributed by atoms with Crippen LogP contribution in [-0.4, -0.2) is 48.4 Å². The lowest BCUT2D eigenvalue weighted by Gasteiger charge is -2.23. The molecule has 2 atom stereocenters. The van der Waals surface area contributed by atoms with Gasteiger partial charge >= 0.3 is 16.4 Å². The van der Waals surface area contributed by atoms with Crippen molar-refractivity contribution in [2.75, 3.05) is 0 Å². The first-order chi connectivity index (χ1) is 13.5. The van der Waals surface area contributed by atoms with Crippen molar-refractivity contribution in [1.82, 2.24) is 0 Å². The highest BCUT2D eigenvalue weighted by Gasteiger charge is 2.35. The van der Waals surface area contributed by atoms with Gasteiger partial charge in [-0.2, -0.15) is 16.8 Å². The molecule has 0 spiro atoms. The van der Waals surface area contributed by atoms with E-state index in [0.29, 0.717) is 38.5 Å². The summed E-state index contributed by atoms with van der Waals surface area (Å²) in [7, 11) is -9.44. The summed E-state index contributed by atoms with van der Waals surface area (Å²) in [6.45, 7) is 2.08. The van der Waals surface area contributed by atoms with Crippen LogP contribution in [0.25, 0.3) is 0 Å². The van der Waals surface area contributed by atoms with Gasteiger partial charge in [-0.3, -0.25) is 13.9 Å². The summed E-state index contributed by atoms with van der Waals surface area (Å²) in [5.41, 5.74) is 0. The van der Waals surface area contributed by atoms with Gasteiger partial charge in [-0.05, 0) is 19.3 Å². The van der Waals surface area contributed by atoms with Crippen molar-refractivity contribution in [3.8, 4) is 0 Å². The van der Waals surface area contributed by atoms with Crippen LogP contribution < -0.4 is 0 Å². The molecule has 0 aromatic rings. The molecule has 0 aliphatic carbocycles. The normalized spacial score (nSPS) is 14.6. The summed E-state index contributed by atoms with van der Waals surface area (Å²) in [5.74, 6) is -0.865. The van der Waals surface area contributed by atoms with Crippen LogP contribution >= 0.6 is 0 Å². The molecule has 174 valence electrons. The molecule has 0 saturated carbocycles. The average molecular weight is 461 g/mol. The van der Waals surface area contributed by atoms with Crippen LogP contribution in [0.1, 0.15) is 96.8 Å². The van der Waals surface area contributed by atoms with Gasteiger partial charge in [0.1, 0.15) is 5.25 Å². The molecule has 9 nitrogen and oxygen atoms in total. The molecule has 0 aromatic heterocycles. The lowest BCUT2D eigenvalue weighted by Crippen LogP contribution is -2.37. The predicted molar refractivity (Wildman–Crippen MR) is 110 cm³/mol. The highest BCUT2D eigenvalue weighted by molar-refractivity contribution is 7.86. The van der Waals surface area contributed by atoms with Crippen LogP contribution in [0.3, 0.4) is 0 Å². The van der Waals surface area contributed by atoms with Gasteiger partial charge in [-0.15, -0.1) is 0 Å². The smallest absolute Gasteiger partial charge is 0.397 e. The third kappa shape index (κ3) is 16.7. The van der Waals surface area contributed by atoms with Crippen molar-refractivity contribution in [3.63, 3.8) is 0 Å². The summed E-state index contributed by atoms with van der Waals surface area (Å²) in [6.07, 6.45) is 7.17. The van der Waals surface area contributed by atoms with E-state index in [2.05, 4.69) is 11.1 Å². The Morgan fingerprint density at radius 1 is 0.793 bits per heavy atom. The van der Waals surface area contributed by atoms with Gasteiger partial charge in [0.05, 0.1) is 6.10 Å². The van der Waals surface area contributed by atoms with Crippen molar-refractivity contribution >= 4 is 26.5 Å². The average Bonchev–Trinajstić information content (AvgIpc) is 2.57. The fourth-order valence-electron chi connectivity index (χ4n) is 3.26. The van der Waals surface area contributed by atoms with Gasteiger partial charge in [0, 0.05) is 6.42 Å². The Hall–Kier alpha value is -0.750. The zero-order chi connectivity index (χ0) is 22.3. The van der Waals surface area contributed by atoms with Crippen LogP contribution in [0.4, 0.5) is 0 Å². The Balaban J connectivity index is 4.71. The summed E-state index contributed by atoms with van der Waals surface area (Å²) < 4.78 is 69.1. The Morgan fingerprint density at radius 2 is 1.28 bits per heavy atom. The van der Waals surface area contributed by atoms with Gasteiger partial charge in [-0.25, -0.2) is 4.18 Å². The van der Waals surface area contributed by atoms with Gasteiger partial charge < -0.3 is 5.11 Å². The summed E-state index contributed by atoms with van der Waals surface area (Å²) in [4.78, 5) is 10.5. The van der Waals surface area contributed by atoms with E-state index in [9.17, 15) is 26.2 Å². The lowest BCUT2D eigenvalue weighted by atomic mass is 10.0. The van der Waals surface area contributed by atoms with Gasteiger partial charge in [-0.1, -0.05) is 71.1 Å². The summed E-state index contributed by atoms with van der Waals surface area (Å²) >= 11 is 0. The molecule has 0 bridgehead atoms. The number of carbonyl (C=O) groups is 1. The molecule has 0 saturated heterocycles. The second-order valence-corrected chi connectivity index (χ2v) is 10.1. The molecule has 3 N–H and O–H groups in total. The zero-order valence-electron chi connectivity index (χ0n) is 17.2. The van der Waals surface area contributed by atoms with E-state index >= 15 is 0 Å². The number of carboxylic acids is 1. The fourth-order valence-corrected chi connectivity index (χ4v) is 4.91. The maximum atomic E-state index is 11.8. The van der Waals surface area contributed by atoms with Crippen LogP contribution in [0.2, 0.25) is 0 Å². The number of unbranched alkanes of at least 4 members (excludes halogenated alkanes) is 9. The minimum atomic E-state index is -4.86. The molecule has 11 heteroatoms. The van der Waals surface area contributed by atoms with E-state index < -0.39 is 37.8 Å². The molecule has 2 unspecified atom stereocenters. The minimum Gasteiger partial charge on any atom is -0.481 e. The molecule has 29 heavy (non-hydrogen) atoms. The van der Waals surface area contributed by atoms with Crippen molar-refractivity contribution in [2.24, 2.45) is 0 Å². The van der Waals surface area contributed by atoms with E-state index in [-0.39, 0.29) is 19.3 Å². The molecule has 0 aromatic carbocycles. The second-order valence-electron chi connectivity index (χ2n) is 7.37. The number of aliphatic carboxylic acids is 1. The molecule has 0 heterocycles. The zero-order valence-corrected chi connectivity index (χ0v) is 18.8. The SMILES string of the molecule is CCCCCCCCC(OS(=O)(=O)O)C(CCCCCCCC(=O)O)S(=O)(=O)O. The third-order valence-electron chi connectivity index (χ3n) is 4.76. The van der Waals surface area contributed by atoms with Gasteiger partial charge in [0.2, 0.25) is 0 Å². The highest BCUT2D eigenvalue weighted by atomic mass is 32.3. The maximum Gasteiger partial charge on any atom is 0.397 e. The molecule has 0 rings (SSSR count). The standard InChI is InChI=1S/C18H36O9S2/c1-2-3-4-5-7-10-13-16(27-29(24,25)26)17(28(21,22)23)14-11-8-6-9-12-15-18(19)20/h16-17H,2-15H2,1H3,(H,19,20)(H,21,22,23)(H,24,25,26). The van der Waals surface area contributed by atoms with E-state index in [0.717, 1.165) is 32.1 Å². The molecule has 0 fully saturated rings. The Morgan fingerprint density at radius 3 is 1.76 bits per heavy atom. The van der Waals surface area contributed by atoms with Crippen molar-refractivity contribution in [1.29, 1.82) is 0 Å². The van der Waals surface area contributed by atoms with E-state index in [1.165, 1.54) is 0 Å². The van der Waals surface area contributed by atoms with Crippen LogP contribution in [0.15, 0.2) is 0 Å². The van der Waals surface area contributed by atoms with Gasteiger partial charge in [0.25, 0.3) is 10.1 Å². The predicted octanol–water partition coefficient (Wildman–Crippen LogP) is 4.00. The maximum absolute atomic E-state index is 11.8. The van der Waals surface area contributed by atoms with Crippen molar-refractivity contribution in [2.45, 2.75) is 108 Å². The molecule has 0 aliphatic rings. The quantitative estimate of drug-likeness (QED) is 0.191. The van der Waals surface area contributed by atoms with Crippen LogP contribution in [0, 0.1) is 0 Å².